The summed E-state index contributed by atoms with van der Waals surface area (Å²) in [4.78, 5) is 13.8. The fourth-order valence-corrected chi connectivity index (χ4v) is 2.73. The Morgan fingerprint density at radius 3 is 2.82 bits per heavy atom. The van der Waals surface area contributed by atoms with Crippen molar-refractivity contribution in [1.82, 2.24) is 15.5 Å². The van der Waals surface area contributed by atoms with Crippen molar-refractivity contribution in [1.29, 1.82) is 0 Å². The molecule has 2 heterocycles. The van der Waals surface area contributed by atoms with Crippen molar-refractivity contribution in [3.8, 4) is 0 Å². The van der Waals surface area contributed by atoms with Gasteiger partial charge in [0.1, 0.15) is 0 Å². The lowest BCUT2D eigenvalue weighted by Gasteiger charge is -2.18. The first-order valence-electron chi connectivity index (χ1n) is 7.08. The van der Waals surface area contributed by atoms with Gasteiger partial charge < -0.3 is 15.5 Å². The van der Waals surface area contributed by atoms with Crippen LogP contribution in [0.4, 0.5) is 0 Å². The monoisotopic (exact) mass is 239 g/mol. The highest BCUT2D eigenvalue weighted by Gasteiger charge is 2.18. The van der Waals surface area contributed by atoms with Crippen molar-refractivity contribution in [2.45, 2.75) is 44.6 Å². The van der Waals surface area contributed by atoms with Crippen LogP contribution in [0.2, 0.25) is 0 Å². The van der Waals surface area contributed by atoms with Gasteiger partial charge in [0, 0.05) is 32.1 Å². The van der Waals surface area contributed by atoms with Crippen molar-refractivity contribution in [3.63, 3.8) is 0 Å². The first kappa shape index (κ1) is 12.8. The lowest BCUT2D eigenvalue weighted by molar-refractivity contribution is -0.130. The van der Waals surface area contributed by atoms with Crippen molar-refractivity contribution < 1.29 is 4.79 Å². The minimum Gasteiger partial charge on any atom is -0.343 e. The maximum absolute atomic E-state index is 11.8. The van der Waals surface area contributed by atoms with Crippen LogP contribution < -0.4 is 10.6 Å². The molecule has 0 radical (unpaired) electrons. The zero-order chi connectivity index (χ0) is 11.9. The number of likely N-dealkylation sites (tertiary alicyclic amines) is 1. The van der Waals surface area contributed by atoms with Gasteiger partial charge in [0.05, 0.1) is 0 Å². The molecule has 0 spiro atoms. The third-order valence-corrected chi connectivity index (χ3v) is 3.81. The van der Waals surface area contributed by atoms with Crippen molar-refractivity contribution in [2.24, 2.45) is 0 Å². The SMILES string of the molecule is O=C(CCNC1CCCNCC1)N1CCCC1. The lowest BCUT2D eigenvalue weighted by Crippen LogP contribution is -2.35. The van der Waals surface area contributed by atoms with E-state index in [4.69, 9.17) is 0 Å². The Labute approximate surface area is 104 Å². The number of carbonyl (C=O) groups excluding carboxylic acids is 1. The zero-order valence-electron chi connectivity index (χ0n) is 10.7. The molecular formula is C13H25N3O. The minimum absolute atomic E-state index is 0.335. The Morgan fingerprint density at radius 2 is 2.00 bits per heavy atom. The molecule has 2 fully saturated rings. The van der Waals surface area contributed by atoms with Crippen LogP contribution in [-0.4, -0.2) is 49.6 Å². The fourth-order valence-electron chi connectivity index (χ4n) is 2.73. The predicted molar refractivity (Wildman–Crippen MR) is 68.9 cm³/mol. The van der Waals surface area contributed by atoms with Crippen molar-refractivity contribution >= 4 is 5.91 Å². The van der Waals surface area contributed by atoms with Gasteiger partial charge in [-0.05, 0) is 45.2 Å². The molecule has 0 aromatic rings. The molecule has 1 amide bonds. The van der Waals surface area contributed by atoms with E-state index in [9.17, 15) is 4.79 Å². The summed E-state index contributed by atoms with van der Waals surface area (Å²) in [6, 6.07) is 0.608. The molecule has 1 atom stereocenters. The Morgan fingerprint density at radius 1 is 1.18 bits per heavy atom. The van der Waals surface area contributed by atoms with E-state index in [0.717, 1.165) is 32.7 Å². The van der Waals surface area contributed by atoms with Crippen LogP contribution in [0.15, 0.2) is 0 Å². The second-order valence-corrected chi connectivity index (χ2v) is 5.17. The van der Waals surface area contributed by atoms with E-state index in [1.54, 1.807) is 0 Å². The molecule has 2 saturated heterocycles. The molecule has 0 aromatic carbocycles. The molecule has 1 unspecified atom stereocenters. The lowest BCUT2D eigenvalue weighted by atomic mass is 10.1. The summed E-state index contributed by atoms with van der Waals surface area (Å²) in [5.74, 6) is 0.335. The van der Waals surface area contributed by atoms with Gasteiger partial charge in [-0.2, -0.15) is 0 Å². The molecule has 2 aliphatic rings. The van der Waals surface area contributed by atoms with Gasteiger partial charge in [0.15, 0.2) is 0 Å². The molecule has 2 aliphatic heterocycles. The van der Waals surface area contributed by atoms with Crippen LogP contribution >= 0.6 is 0 Å². The molecule has 0 aromatic heterocycles. The zero-order valence-corrected chi connectivity index (χ0v) is 10.7. The topological polar surface area (TPSA) is 44.4 Å². The number of amides is 1. The maximum Gasteiger partial charge on any atom is 0.223 e. The number of nitrogens with zero attached hydrogens (tertiary/aromatic N) is 1. The molecule has 0 aliphatic carbocycles. The van der Waals surface area contributed by atoms with Crippen molar-refractivity contribution in [3.05, 3.63) is 0 Å². The highest BCUT2D eigenvalue weighted by molar-refractivity contribution is 5.76. The second-order valence-electron chi connectivity index (χ2n) is 5.17. The summed E-state index contributed by atoms with van der Waals surface area (Å²) in [6.07, 6.45) is 6.73. The molecule has 0 saturated carbocycles. The smallest absolute Gasteiger partial charge is 0.223 e. The fraction of sp³-hybridized carbons (Fsp3) is 0.923. The van der Waals surface area contributed by atoms with Gasteiger partial charge in [-0.3, -0.25) is 4.79 Å². The average Bonchev–Trinajstić information content (AvgIpc) is 2.75. The Balaban J connectivity index is 1.59. The highest BCUT2D eigenvalue weighted by atomic mass is 16.2. The van der Waals surface area contributed by atoms with Gasteiger partial charge in [-0.25, -0.2) is 0 Å². The molecule has 17 heavy (non-hydrogen) atoms. The molecule has 2 N–H and O–H groups in total. The van der Waals surface area contributed by atoms with Gasteiger partial charge >= 0.3 is 0 Å². The third kappa shape index (κ3) is 4.28. The van der Waals surface area contributed by atoms with E-state index in [0.29, 0.717) is 18.4 Å². The number of rotatable bonds is 4. The van der Waals surface area contributed by atoms with Crippen LogP contribution in [0.3, 0.4) is 0 Å². The first-order chi connectivity index (χ1) is 8.36. The van der Waals surface area contributed by atoms with Gasteiger partial charge in [-0.15, -0.1) is 0 Å². The van der Waals surface area contributed by atoms with Crippen LogP contribution in [0.25, 0.3) is 0 Å². The van der Waals surface area contributed by atoms with E-state index in [1.807, 2.05) is 4.90 Å². The molecule has 4 heteroatoms. The molecule has 4 nitrogen and oxygen atoms in total. The number of nitrogens with one attached hydrogen (secondary N) is 2. The predicted octanol–water partition coefficient (Wildman–Crippen LogP) is 0.731. The van der Waals surface area contributed by atoms with Crippen molar-refractivity contribution in [2.75, 3.05) is 32.7 Å². The van der Waals surface area contributed by atoms with E-state index < -0.39 is 0 Å². The first-order valence-corrected chi connectivity index (χ1v) is 7.08. The highest BCUT2D eigenvalue weighted by Crippen LogP contribution is 2.09. The Bertz CT molecular complexity index is 231. The summed E-state index contributed by atoms with van der Waals surface area (Å²) in [5, 5.41) is 6.93. The summed E-state index contributed by atoms with van der Waals surface area (Å²) >= 11 is 0. The molecule has 0 bridgehead atoms. The van der Waals surface area contributed by atoms with E-state index >= 15 is 0 Å². The van der Waals surface area contributed by atoms with Crippen LogP contribution in [0.5, 0.6) is 0 Å². The summed E-state index contributed by atoms with van der Waals surface area (Å²) < 4.78 is 0. The average molecular weight is 239 g/mol. The number of hydrogen-bond donors (Lipinski definition) is 2. The van der Waals surface area contributed by atoms with E-state index in [2.05, 4.69) is 10.6 Å². The Hall–Kier alpha value is -0.610. The van der Waals surface area contributed by atoms with Gasteiger partial charge in [-0.1, -0.05) is 0 Å². The Kier molecular flexibility index (Phi) is 5.26. The quantitative estimate of drug-likeness (QED) is 0.760. The van der Waals surface area contributed by atoms with Gasteiger partial charge in [0.2, 0.25) is 5.91 Å². The van der Waals surface area contributed by atoms with Crippen LogP contribution in [-0.2, 0) is 4.79 Å². The molecular weight excluding hydrogens is 214 g/mol. The minimum atomic E-state index is 0.335. The third-order valence-electron chi connectivity index (χ3n) is 3.81. The van der Waals surface area contributed by atoms with Crippen LogP contribution in [0.1, 0.15) is 38.5 Å². The summed E-state index contributed by atoms with van der Waals surface area (Å²) in [7, 11) is 0. The summed E-state index contributed by atoms with van der Waals surface area (Å²) in [5.41, 5.74) is 0. The number of carbonyl (C=O) groups is 1. The summed E-state index contributed by atoms with van der Waals surface area (Å²) in [6.45, 7) is 5.06. The van der Waals surface area contributed by atoms with Crippen LogP contribution in [0, 0.1) is 0 Å². The maximum atomic E-state index is 11.8. The van der Waals surface area contributed by atoms with E-state index in [-0.39, 0.29) is 0 Å². The normalized spacial score (nSPS) is 25.9. The largest absolute Gasteiger partial charge is 0.343 e. The number of hydrogen-bond acceptors (Lipinski definition) is 3. The molecule has 2 rings (SSSR count). The standard InChI is InChI=1S/C13H25N3O/c17-13(16-10-1-2-11-16)6-9-15-12-4-3-7-14-8-5-12/h12,14-15H,1-11H2. The van der Waals surface area contributed by atoms with Gasteiger partial charge in [0.25, 0.3) is 0 Å². The molecule has 98 valence electrons. The second kappa shape index (κ2) is 6.97. The van der Waals surface area contributed by atoms with E-state index in [1.165, 1.54) is 32.1 Å².